The second-order valence-electron chi connectivity index (χ2n) is 6.70. The van der Waals surface area contributed by atoms with E-state index in [1.807, 2.05) is 17.5 Å². The highest BCUT2D eigenvalue weighted by molar-refractivity contribution is 5.76. The molecule has 0 radical (unpaired) electrons. The molecule has 4 nitrogen and oxygen atoms in total. The van der Waals surface area contributed by atoms with Crippen LogP contribution in [0.15, 0.2) is 36.4 Å². The summed E-state index contributed by atoms with van der Waals surface area (Å²) in [5.41, 5.74) is 10.2. The summed E-state index contributed by atoms with van der Waals surface area (Å²) in [6.07, 6.45) is 0.975. The monoisotopic (exact) mass is 331 g/mol. The second kappa shape index (κ2) is 5.66. The van der Waals surface area contributed by atoms with Crippen molar-refractivity contribution >= 4 is 16.8 Å². The van der Waals surface area contributed by atoms with Crippen LogP contribution in [0.4, 0.5) is 0 Å². The van der Waals surface area contributed by atoms with Gasteiger partial charge in [0.05, 0.1) is 5.69 Å². The van der Waals surface area contributed by atoms with Crippen molar-refractivity contribution in [2.45, 2.75) is 41.0 Å². The molecule has 0 bridgehead atoms. The third kappa shape index (κ3) is 2.24. The van der Waals surface area contributed by atoms with E-state index in [2.05, 4.69) is 62.6 Å². The van der Waals surface area contributed by atoms with E-state index in [0.29, 0.717) is 0 Å². The lowest BCUT2D eigenvalue weighted by Gasteiger charge is -2.06. The average molecular weight is 331 g/mol. The smallest absolute Gasteiger partial charge is 0.209 e. The molecule has 0 spiro atoms. The predicted octanol–water partition coefficient (Wildman–Crippen LogP) is 3.96. The maximum Gasteiger partial charge on any atom is 0.318 e. The quantitative estimate of drug-likeness (QED) is 0.521. The minimum Gasteiger partial charge on any atom is -0.209 e. The van der Waals surface area contributed by atoms with Crippen LogP contribution < -0.4 is 4.57 Å². The molecule has 0 atom stereocenters. The first-order valence-corrected chi connectivity index (χ1v) is 8.79. The number of fused-ring (bicyclic) bond motifs is 3. The first-order chi connectivity index (χ1) is 12.0. The molecule has 0 saturated heterocycles. The number of nitrogens with zero attached hydrogens (tertiary/aromatic N) is 4. The van der Waals surface area contributed by atoms with E-state index < -0.39 is 0 Å². The van der Waals surface area contributed by atoms with Crippen LogP contribution in [0, 0.1) is 27.7 Å². The van der Waals surface area contributed by atoms with Crippen molar-refractivity contribution in [1.82, 2.24) is 14.6 Å². The third-order valence-corrected chi connectivity index (χ3v) is 4.97. The summed E-state index contributed by atoms with van der Waals surface area (Å²) >= 11 is 0. The molecule has 3 aromatic heterocycles. The molecule has 25 heavy (non-hydrogen) atoms. The molecule has 4 aromatic rings. The molecular weight excluding hydrogens is 308 g/mol. The minimum atomic E-state index is 0.921. The fourth-order valence-electron chi connectivity index (χ4n) is 3.92. The number of hydrogen-bond donors (Lipinski definition) is 0. The number of para-hydroxylation sites is 1. The Balaban J connectivity index is 2.31. The predicted molar refractivity (Wildman–Crippen MR) is 100 cm³/mol. The molecule has 0 N–H and O–H groups in total. The van der Waals surface area contributed by atoms with Crippen molar-refractivity contribution in [2.24, 2.45) is 0 Å². The zero-order valence-electron chi connectivity index (χ0n) is 15.5. The van der Waals surface area contributed by atoms with Crippen molar-refractivity contribution in [3.05, 3.63) is 64.5 Å². The standard InChI is InChI=1S/C21H23N4/c1-6-18-15(4)21-24(17-10-8-7-9-11-17)19-13(2)12-14(3)22-20(19)25(21)23-16(18)5/h7-12H,6H2,1-5H3/q+1. The molecule has 0 unspecified atom stereocenters. The maximum absolute atomic E-state index is 4.90. The number of aromatic nitrogens is 4. The number of hydrogen-bond acceptors (Lipinski definition) is 2. The number of imidazole rings is 1. The van der Waals surface area contributed by atoms with Gasteiger partial charge in [-0.1, -0.05) is 34.7 Å². The molecule has 0 aliphatic heterocycles. The van der Waals surface area contributed by atoms with E-state index in [9.17, 15) is 0 Å². The summed E-state index contributed by atoms with van der Waals surface area (Å²) in [7, 11) is 0. The Bertz CT molecular complexity index is 1110. The summed E-state index contributed by atoms with van der Waals surface area (Å²) in [5, 5.41) is 4.90. The molecule has 4 heteroatoms. The van der Waals surface area contributed by atoms with Crippen molar-refractivity contribution in [3.8, 4) is 5.69 Å². The third-order valence-electron chi connectivity index (χ3n) is 4.97. The van der Waals surface area contributed by atoms with Gasteiger partial charge < -0.3 is 0 Å². The molecule has 0 fully saturated rings. The average Bonchev–Trinajstić information content (AvgIpc) is 2.91. The van der Waals surface area contributed by atoms with Gasteiger partial charge >= 0.3 is 5.65 Å². The van der Waals surface area contributed by atoms with E-state index in [0.717, 1.165) is 40.3 Å². The molecule has 3 heterocycles. The topological polar surface area (TPSA) is 34.1 Å². The van der Waals surface area contributed by atoms with Gasteiger partial charge in [-0.2, -0.15) is 4.57 Å². The Morgan fingerprint density at radius 2 is 1.76 bits per heavy atom. The van der Waals surface area contributed by atoms with Crippen molar-refractivity contribution in [3.63, 3.8) is 0 Å². The Labute approximate surface area is 147 Å². The summed E-state index contributed by atoms with van der Waals surface area (Å²) in [6.45, 7) is 10.7. The van der Waals surface area contributed by atoms with Crippen molar-refractivity contribution < 1.29 is 4.57 Å². The molecule has 126 valence electrons. The Morgan fingerprint density at radius 3 is 2.44 bits per heavy atom. The number of aryl methyl sites for hydroxylation is 4. The van der Waals surface area contributed by atoms with E-state index in [4.69, 9.17) is 10.1 Å². The first kappa shape index (κ1) is 15.8. The number of pyridine rings is 1. The highest BCUT2D eigenvalue weighted by atomic mass is 15.3. The normalized spacial score (nSPS) is 11.6. The molecule has 0 amide bonds. The van der Waals surface area contributed by atoms with Gasteiger partial charge in [-0.05, 0) is 57.9 Å². The van der Waals surface area contributed by atoms with Gasteiger partial charge in [-0.25, -0.2) is 4.98 Å². The highest BCUT2D eigenvalue weighted by Crippen LogP contribution is 2.24. The minimum absolute atomic E-state index is 0.921. The van der Waals surface area contributed by atoms with Crippen LogP contribution >= 0.6 is 0 Å². The van der Waals surface area contributed by atoms with E-state index in [1.54, 1.807) is 0 Å². The van der Waals surface area contributed by atoms with Gasteiger partial charge in [-0.3, -0.25) is 0 Å². The molecule has 0 aliphatic rings. The second-order valence-corrected chi connectivity index (χ2v) is 6.70. The lowest BCUT2D eigenvalue weighted by Crippen LogP contribution is -2.32. The van der Waals surface area contributed by atoms with Gasteiger partial charge in [0, 0.05) is 16.8 Å². The van der Waals surface area contributed by atoms with Crippen LogP contribution in [0.3, 0.4) is 0 Å². The largest absolute Gasteiger partial charge is 0.318 e. The first-order valence-electron chi connectivity index (χ1n) is 8.79. The summed E-state index contributed by atoms with van der Waals surface area (Å²) in [4.78, 5) is 4.83. The lowest BCUT2D eigenvalue weighted by molar-refractivity contribution is -0.539. The molecule has 1 aromatic carbocycles. The zero-order valence-corrected chi connectivity index (χ0v) is 15.5. The van der Waals surface area contributed by atoms with Crippen LogP contribution in [0.1, 0.15) is 35.0 Å². The molecular formula is C21H23N4+. The Kier molecular flexibility index (Phi) is 3.57. The van der Waals surface area contributed by atoms with Gasteiger partial charge in [0.2, 0.25) is 5.52 Å². The van der Waals surface area contributed by atoms with Gasteiger partial charge in [-0.15, -0.1) is 0 Å². The number of rotatable bonds is 2. The summed E-state index contributed by atoms with van der Waals surface area (Å²) < 4.78 is 4.32. The van der Waals surface area contributed by atoms with Crippen LogP contribution in [0.2, 0.25) is 0 Å². The zero-order chi connectivity index (χ0) is 17.7. The van der Waals surface area contributed by atoms with E-state index in [-0.39, 0.29) is 0 Å². The van der Waals surface area contributed by atoms with Crippen LogP contribution in [0.5, 0.6) is 0 Å². The molecule has 0 saturated carbocycles. The van der Waals surface area contributed by atoms with E-state index >= 15 is 0 Å². The Hall–Kier alpha value is -2.75. The van der Waals surface area contributed by atoms with Crippen LogP contribution in [-0.2, 0) is 6.42 Å². The van der Waals surface area contributed by atoms with Gasteiger partial charge in [0.1, 0.15) is 5.69 Å². The highest BCUT2D eigenvalue weighted by Gasteiger charge is 2.28. The van der Waals surface area contributed by atoms with Crippen LogP contribution in [-0.4, -0.2) is 14.6 Å². The van der Waals surface area contributed by atoms with E-state index in [1.165, 1.54) is 16.7 Å². The maximum atomic E-state index is 4.90. The van der Waals surface area contributed by atoms with Crippen molar-refractivity contribution in [2.75, 3.05) is 0 Å². The fraction of sp³-hybridized carbons (Fsp3) is 0.286. The summed E-state index contributed by atoms with van der Waals surface area (Å²) in [6, 6.07) is 12.6. The van der Waals surface area contributed by atoms with Gasteiger partial charge in [0.15, 0.2) is 0 Å². The Morgan fingerprint density at radius 1 is 1.04 bits per heavy atom. The van der Waals surface area contributed by atoms with Gasteiger partial charge in [0.25, 0.3) is 5.65 Å². The fourth-order valence-corrected chi connectivity index (χ4v) is 3.92. The van der Waals surface area contributed by atoms with Crippen LogP contribution in [0.25, 0.3) is 22.5 Å². The molecule has 4 rings (SSSR count). The SMILES string of the molecule is CCc1c(C)nn2c3nc(C)cc(C)c3[n+](-c3ccccc3)c2c1C. The number of benzene rings is 1. The molecule has 0 aliphatic carbocycles. The lowest BCUT2D eigenvalue weighted by atomic mass is 10.1. The summed E-state index contributed by atoms with van der Waals surface area (Å²) in [5.74, 6) is 0. The van der Waals surface area contributed by atoms with Crippen molar-refractivity contribution in [1.29, 1.82) is 0 Å².